The minimum Gasteiger partial charge on any atom is -0.320 e. The Labute approximate surface area is 197 Å². The fraction of sp³-hybridized carbons (Fsp3) is 0.300. The molecule has 0 aliphatic rings. The van der Waals surface area contributed by atoms with Gasteiger partial charge in [-0.15, -0.1) is 0 Å². The molecule has 0 aliphatic heterocycles. The van der Waals surface area contributed by atoms with E-state index in [0.29, 0.717) is 0 Å². The van der Waals surface area contributed by atoms with Crippen LogP contribution in [0.15, 0.2) is 36.4 Å². The predicted octanol–water partition coefficient (Wildman–Crippen LogP) is 6.73. The maximum atomic E-state index is 14.2. The highest BCUT2D eigenvalue weighted by Gasteiger charge is 2.84. The Morgan fingerprint density at radius 3 is 1.24 bits per heavy atom. The quantitative estimate of drug-likeness (QED) is 0.385. The van der Waals surface area contributed by atoms with Crippen LogP contribution >= 0.6 is 23.2 Å². The van der Waals surface area contributed by atoms with Gasteiger partial charge in [0.05, 0.1) is 0 Å². The van der Waals surface area contributed by atoms with Gasteiger partial charge in [0.2, 0.25) is 0 Å². The maximum Gasteiger partial charge on any atom is 0.393 e. The van der Waals surface area contributed by atoms with Gasteiger partial charge < -0.3 is 10.6 Å². The van der Waals surface area contributed by atoms with E-state index >= 15 is 0 Å². The van der Waals surface area contributed by atoms with Crippen molar-refractivity contribution < 1.29 is 44.7 Å². The first-order chi connectivity index (χ1) is 15.4. The molecule has 0 unspecified atom stereocenters. The summed E-state index contributed by atoms with van der Waals surface area (Å²) in [5.41, 5.74) is -1.30. The molecule has 186 valence electrons. The number of amides is 2. The van der Waals surface area contributed by atoms with Crippen molar-refractivity contribution in [2.45, 2.75) is 37.5 Å². The van der Waals surface area contributed by atoms with E-state index in [2.05, 4.69) is 0 Å². The van der Waals surface area contributed by atoms with Crippen LogP contribution in [0.3, 0.4) is 0 Å². The summed E-state index contributed by atoms with van der Waals surface area (Å²) in [4.78, 5) is 23.6. The van der Waals surface area contributed by atoms with Gasteiger partial charge in [-0.3, -0.25) is 9.59 Å². The van der Waals surface area contributed by atoms with Crippen molar-refractivity contribution in [3.8, 4) is 0 Å². The number of alkyl halides is 8. The molecule has 34 heavy (non-hydrogen) atoms. The lowest BCUT2D eigenvalue weighted by Crippen LogP contribution is -2.67. The fourth-order valence-electron chi connectivity index (χ4n) is 2.57. The second-order valence-corrected chi connectivity index (χ2v) is 7.85. The van der Waals surface area contributed by atoms with E-state index in [0.717, 1.165) is 24.3 Å². The lowest BCUT2D eigenvalue weighted by Gasteiger charge is -2.35. The first kappa shape index (κ1) is 27.6. The second kappa shape index (κ2) is 9.21. The summed E-state index contributed by atoms with van der Waals surface area (Å²) in [6, 6.07) is 6.59. The molecule has 0 bridgehead atoms. The van der Waals surface area contributed by atoms with Crippen LogP contribution in [0.2, 0.25) is 10.0 Å². The fourth-order valence-corrected chi connectivity index (χ4v) is 2.92. The number of anilines is 2. The topological polar surface area (TPSA) is 58.2 Å². The van der Waals surface area contributed by atoms with Crippen LogP contribution in [0.4, 0.5) is 46.5 Å². The minimum atomic E-state index is -7.01. The van der Waals surface area contributed by atoms with E-state index < -0.39 is 46.9 Å². The number of carbonyl (C=O) groups excluding carboxylic acids is 2. The molecule has 0 radical (unpaired) electrons. The van der Waals surface area contributed by atoms with Gasteiger partial charge in [-0.05, 0) is 49.2 Å². The van der Waals surface area contributed by atoms with Crippen LogP contribution in [0.1, 0.15) is 11.1 Å². The van der Waals surface area contributed by atoms with Crippen molar-refractivity contribution >= 4 is 46.4 Å². The zero-order valence-electron chi connectivity index (χ0n) is 17.1. The molecule has 2 rings (SSSR count). The molecule has 0 fully saturated rings. The van der Waals surface area contributed by atoms with Crippen molar-refractivity contribution in [1.82, 2.24) is 0 Å². The van der Waals surface area contributed by atoms with Crippen LogP contribution in [-0.2, 0) is 9.59 Å². The van der Waals surface area contributed by atoms with Gasteiger partial charge in [0, 0.05) is 21.4 Å². The van der Waals surface area contributed by atoms with E-state index in [9.17, 15) is 44.7 Å². The van der Waals surface area contributed by atoms with E-state index in [-0.39, 0.29) is 21.2 Å². The summed E-state index contributed by atoms with van der Waals surface area (Å²) < 4.78 is 113. The largest absolute Gasteiger partial charge is 0.393 e. The molecule has 2 amide bonds. The van der Waals surface area contributed by atoms with Crippen LogP contribution in [0.25, 0.3) is 0 Å². The van der Waals surface area contributed by atoms with Crippen molar-refractivity contribution in [2.24, 2.45) is 0 Å². The van der Waals surface area contributed by atoms with Gasteiger partial charge in [-0.25, -0.2) is 0 Å². The highest BCUT2D eigenvalue weighted by Crippen LogP contribution is 2.53. The summed E-state index contributed by atoms with van der Waals surface area (Å²) in [6.07, 6.45) is 0. The molecule has 0 saturated heterocycles. The molecule has 0 aliphatic carbocycles. The molecule has 14 heteroatoms. The molecule has 0 aromatic heterocycles. The Balaban J connectivity index is 2.38. The summed E-state index contributed by atoms with van der Waals surface area (Å²) >= 11 is 11.4. The highest BCUT2D eigenvalue weighted by atomic mass is 35.5. The van der Waals surface area contributed by atoms with Gasteiger partial charge >= 0.3 is 35.5 Å². The molecular formula is C20H14Cl2F8N2O2. The smallest absolute Gasteiger partial charge is 0.320 e. The first-order valence-corrected chi connectivity index (χ1v) is 9.79. The first-order valence-electron chi connectivity index (χ1n) is 9.04. The zero-order valence-corrected chi connectivity index (χ0v) is 18.6. The van der Waals surface area contributed by atoms with E-state index in [1.807, 2.05) is 0 Å². The highest BCUT2D eigenvalue weighted by molar-refractivity contribution is 6.32. The number of nitrogens with one attached hydrogen (secondary N) is 2. The summed E-state index contributed by atoms with van der Waals surface area (Å²) in [7, 11) is 0. The Morgan fingerprint density at radius 1 is 0.647 bits per heavy atom. The van der Waals surface area contributed by atoms with Gasteiger partial charge in [0.1, 0.15) is 0 Å². The molecule has 4 nitrogen and oxygen atoms in total. The lowest BCUT2D eigenvalue weighted by molar-refractivity contribution is -0.345. The van der Waals surface area contributed by atoms with Crippen LogP contribution in [0, 0.1) is 13.8 Å². The van der Waals surface area contributed by atoms with Crippen LogP contribution in [0.5, 0.6) is 0 Å². The minimum absolute atomic E-state index is 0.0926. The molecule has 0 heterocycles. The molecule has 0 saturated carbocycles. The zero-order chi connectivity index (χ0) is 26.3. The molecule has 2 aromatic rings. The average molecular weight is 537 g/mol. The van der Waals surface area contributed by atoms with Gasteiger partial charge in [-0.1, -0.05) is 35.3 Å². The Hall–Kier alpha value is -2.60. The Morgan fingerprint density at radius 2 is 0.941 bits per heavy atom. The van der Waals surface area contributed by atoms with Crippen LogP contribution < -0.4 is 10.6 Å². The second-order valence-electron chi connectivity index (χ2n) is 7.03. The van der Waals surface area contributed by atoms with E-state index in [4.69, 9.17) is 23.2 Å². The van der Waals surface area contributed by atoms with Crippen molar-refractivity contribution in [3.63, 3.8) is 0 Å². The SMILES string of the molecule is Cc1c(Cl)cccc1NC(=O)C(F)(F)C(F)(F)C(F)(F)C(F)(F)C(=O)Nc1cccc(Cl)c1C. The third kappa shape index (κ3) is 4.52. The standard InChI is InChI=1S/C20H14Cl2F8N2O2/c1-9-11(21)5-3-7-13(9)31-15(33)17(23,24)19(27,28)20(29,30)18(25,26)16(34)32-14-8-4-6-12(22)10(14)2/h3-8H,1-2H3,(H,31,33)(H,32,34). The summed E-state index contributed by atoms with van der Waals surface area (Å²) in [6.45, 7) is 2.36. The molecule has 0 atom stereocenters. The van der Waals surface area contributed by atoms with Crippen molar-refractivity contribution in [3.05, 3.63) is 57.6 Å². The molecule has 2 aromatic carbocycles. The number of hydrogen-bond donors (Lipinski definition) is 2. The van der Waals surface area contributed by atoms with E-state index in [1.165, 1.54) is 36.6 Å². The monoisotopic (exact) mass is 536 g/mol. The average Bonchev–Trinajstić information content (AvgIpc) is 2.74. The number of hydrogen-bond acceptors (Lipinski definition) is 2. The van der Waals surface area contributed by atoms with Gasteiger partial charge in [0.15, 0.2) is 0 Å². The molecule has 2 N–H and O–H groups in total. The van der Waals surface area contributed by atoms with Gasteiger partial charge in [0.25, 0.3) is 0 Å². The Bertz CT molecular complexity index is 1040. The predicted molar refractivity (Wildman–Crippen MR) is 109 cm³/mol. The molecular weight excluding hydrogens is 523 g/mol. The maximum absolute atomic E-state index is 14.2. The normalized spacial score (nSPS) is 12.9. The number of halogens is 10. The van der Waals surface area contributed by atoms with Crippen molar-refractivity contribution in [2.75, 3.05) is 10.6 Å². The third-order valence-corrected chi connectivity index (χ3v) is 5.60. The number of carbonyl (C=O) groups is 2. The summed E-state index contributed by atoms with van der Waals surface area (Å²) in [5, 5.41) is 2.32. The van der Waals surface area contributed by atoms with E-state index in [1.54, 1.807) is 0 Å². The number of benzene rings is 2. The van der Waals surface area contributed by atoms with Crippen LogP contribution in [-0.4, -0.2) is 35.5 Å². The van der Waals surface area contributed by atoms with Gasteiger partial charge in [-0.2, -0.15) is 35.1 Å². The van der Waals surface area contributed by atoms with Crippen molar-refractivity contribution in [1.29, 1.82) is 0 Å². The molecule has 0 spiro atoms. The third-order valence-electron chi connectivity index (χ3n) is 4.79. The summed E-state index contributed by atoms with van der Waals surface area (Å²) in [5.74, 6) is -32.8. The number of rotatable bonds is 7. The lowest BCUT2D eigenvalue weighted by atomic mass is 9.97. The Kier molecular flexibility index (Phi) is 7.49.